The van der Waals surface area contributed by atoms with E-state index in [0.29, 0.717) is 19.3 Å². The minimum atomic E-state index is -0.409. The SMILES string of the molecule is O=C(CCCCCC(=O)N/N=C/c1ccc(-c2cccnc2)cc1)NO. The van der Waals surface area contributed by atoms with Gasteiger partial charge in [-0.15, -0.1) is 0 Å². The van der Waals surface area contributed by atoms with Crippen LogP contribution in [-0.2, 0) is 9.59 Å². The minimum absolute atomic E-state index is 0.167. The number of amides is 2. The highest BCUT2D eigenvalue weighted by Crippen LogP contribution is 2.17. The van der Waals surface area contributed by atoms with E-state index < -0.39 is 5.91 Å². The van der Waals surface area contributed by atoms with E-state index in [9.17, 15) is 9.59 Å². The van der Waals surface area contributed by atoms with Crippen molar-refractivity contribution < 1.29 is 14.8 Å². The van der Waals surface area contributed by atoms with Gasteiger partial charge in [0, 0.05) is 25.2 Å². The number of unbranched alkanes of at least 4 members (excludes halogenated alkanes) is 2. The molecule has 0 saturated heterocycles. The van der Waals surface area contributed by atoms with Crippen molar-refractivity contribution in [1.29, 1.82) is 0 Å². The van der Waals surface area contributed by atoms with Crippen LogP contribution in [-0.4, -0.2) is 28.2 Å². The Kier molecular flexibility index (Phi) is 7.95. The fourth-order valence-corrected chi connectivity index (χ4v) is 2.33. The Morgan fingerprint density at radius 2 is 1.73 bits per heavy atom. The van der Waals surface area contributed by atoms with Gasteiger partial charge in [-0.2, -0.15) is 5.10 Å². The number of pyridine rings is 1. The van der Waals surface area contributed by atoms with Crippen molar-refractivity contribution in [2.45, 2.75) is 32.1 Å². The predicted octanol–water partition coefficient (Wildman–Crippen LogP) is 2.65. The summed E-state index contributed by atoms with van der Waals surface area (Å²) in [5.74, 6) is -0.576. The van der Waals surface area contributed by atoms with Crippen LogP contribution in [0.5, 0.6) is 0 Å². The molecular weight excluding hydrogens is 332 g/mol. The van der Waals surface area contributed by atoms with Crippen LogP contribution in [0.15, 0.2) is 53.9 Å². The van der Waals surface area contributed by atoms with Crippen molar-refractivity contribution in [3.05, 3.63) is 54.4 Å². The Labute approximate surface area is 152 Å². The zero-order valence-corrected chi connectivity index (χ0v) is 14.4. The molecule has 3 N–H and O–H groups in total. The second-order valence-corrected chi connectivity index (χ2v) is 5.75. The Morgan fingerprint density at radius 3 is 2.38 bits per heavy atom. The number of hydrogen-bond donors (Lipinski definition) is 3. The number of aromatic nitrogens is 1. The summed E-state index contributed by atoms with van der Waals surface area (Å²) in [6.45, 7) is 0. The largest absolute Gasteiger partial charge is 0.289 e. The third-order valence-corrected chi connectivity index (χ3v) is 3.74. The van der Waals surface area contributed by atoms with Gasteiger partial charge in [0.15, 0.2) is 0 Å². The van der Waals surface area contributed by atoms with E-state index in [1.54, 1.807) is 24.1 Å². The third kappa shape index (κ3) is 6.82. The first-order chi connectivity index (χ1) is 12.7. The van der Waals surface area contributed by atoms with E-state index >= 15 is 0 Å². The van der Waals surface area contributed by atoms with Gasteiger partial charge < -0.3 is 0 Å². The summed E-state index contributed by atoms with van der Waals surface area (Å²) in [4.78, 5) is 26.6. The van der Waals surface area contributed by atoms with Crippen LogP contribution in [0.1, 0.15) is 37.7 Å². The Morgan fingerprint density at radius 1 is 1.00 bits per heavy atom. The van der Waals surface area contributed by atoms with Gasteiger partial charge in [0.2, 0.25) is 11.8 Å². The quantitative estimate of drug-likeness (QED) is 0.279. The molecule has 7 nitrogen and oxygen atoms in total. The molecule has 26 heavy (non-hydrogen) atoms. The molecule has 0 radical (unpaired) electrons. The molecule has 0 fully saturated rings. The van der Waals surface area contributed by atoms with Crippen molar-refractivity contribution in [2.24, 2.45) is 5.10 Å². The number of carbonyl (C=O) groups is 2. The van der Waals surface area contributed by atoms with Gasteiger partial charge in [0.1, 0.15) is 0 Å². The molecule has 0 atom stereocenters. The fourth-order valence-electron chi connectivity index (χ4n) is 2.33. The summed E-state index contributed by atoms with van der Waals surface area (Å²) >= 11 is 0. The highest BCUT2D eigenvalue weighted by molar-refractivity contribution is 5.83. The standard InChI is InChI=1S/C19H22N4O3/c24-18(6-2-1-3-7-19(25)23-26)22-21-13-15-8-10-16(11-9-15)17-5-4-12-20-14-17/h4-5,8-14,26H,1-3,6-7H2,(H,22,24)(H,23,25)/b21-13+. The fraction of sp³-hybridized carbons (Fsp3) is 0.263. The number of rotatable bonds is 9. The van der Waals surface area contributed by atoms with Crippen LogP contribution in [0.2, 0.25) is 0 Å². The predicted molar refractivity (Wildman–Crippen MR) is 98.4 cm³/mol. The highest BCUT2D eigenvalue weighted by Gasteiger charge is 2.02. The molecule has 1 aromatic carbocycles. The lowest BCUT2D eigenvalue weighted by molar-refractivity contribution is -0.129. The zero-order valence-electron chi connectivity index (χ0n) is 14.4. The molecule has 1 heterocycles. The lowest BCUT2D eigenvalue weighted by Gasteiger charge is -2.02. The van der Waals surface area contributed by atoms with Gasteiger partial charge in [-0.25, -0.2) is 10.9 Å². The number of benzene rings is 1. The molecule has 0 aliphatic rings. The molecule has 0 aliphatic heterocycles. The molecule has 0 unspecified atom stereocenters. The summed E-state index contributed by atoms with van der Waals surface area (Å²) in [5, 5.41) is 12.3. The van der Waals surface area contributed by atoms with Gasteiger partial charge in [-0.3, -0.25) is 19.8 Å². The summed E-state index contributed by atoms with van der Waals surface area (Å²) in [5.41, 5.74) is 7.06. The molecule has 2 aromatic rings. The summed E-state index contributed by atoms with van der Waals surface area (Å²) in [7, 11) is 0. The normalized spacial score (nSPS) is 10.7. The number of nitrogens with one attached hydrogen (secondary N) is 2. The first-order valence-corrected chi connectivity index (χ1v) is 8.44. The average molecular weight is 354 g/mol. The van der Waals surface area contributed by atoms with Gasteiger partial charge in [-0.1, -0.05) is 36.8 Å². The average Bonchev–Trinajstić information content (AvgIpc) is 2.68. The minimum Gasteiger partial charge on any atom is -0.289 e. The summed E-state index contributed by atoms with van der Waals surface area (Å²) < 4.78 is 0. The third-order valence-electron chi connectivity index (χ3n) is 3.74. The Bertz CT molecular complexity index is 730. The van der Waals surface area contributed by atoms with E-state index in [1.165, 1.54) is 0 Å². The van der Waals surface area contributed by atoms with E-state index in [4.69, 9.17) is 5.21 Å². The molecule has 2 amide bonds. The topological polar surface area (TPSA) is 104 Å². The molecule has 1 aromatic heterocycles. The van der Waals surface area contributed by atoms with Gasteiger partial charge in [-0.05, 0) is 35.6 Å². The first-order valence-electron chi connectivity index (χ1n) is 8.44. The maximum atomic E-state index is 11.7. The number of carbonyl (C=O) groups excluding carboxylic acids is 2. The van der Waals surface area contributed by atoms with Crippen molar-refractivity contribution >= 4 is 18.0 Å². The summed E-state index contributed by atoms with van der Waals surface area (Å²) in [6.07, 6.45) is 7.77. The van der Waals surface area contributed by atoms with E-state index in [-0.39, 0.29) is 12.3 Å². The smallest absolute Gasteiger partial charge is 0.243 e. The second-order valence-electron chi connectivity index (χ2n) is 5.75. The number of nitrogens with zero attached hydrogens (tertiary/aromatic N) is 2. The van der Waals surface area contributed by atoms with Crippen LogP contribution >= 0.6 is 0 Å². The molecule has 2 rings (SSSR count). The van der Waals surface area contributed by atoms with Crippen molar-refractivity contribution in [2.75, 3.05) is 0 Å². The van der Waals surface area contributed by atoms with Crippen molar-refractivity contribution in [3.63, 3.8) is 0 Å². The number of hydroxylamine groups is 1. The number of hydrazone groups is 1. The molecule has 0 spiro atoms. The molecule has 0 aliphatic carbocycles. The van der Waals surface area contributed by atoms with Crippen LogP contribution in [0.25, 0.3) is 11.1 Å². The molecule has 7 heteroatoms. The van der Waals surface area contributed by atoms with Crippen molar-refractivity contribution in [3.8, 4) is 11.1 Å². The van der Waals surface area contributed by atoms with Gasteiger partial charge in [0.05, 0.1) is 6.21 Å². The van der Waals surface area contributed by atoms with Crippen LogP contribution in [0, 0.1) is 0 Å². The molecule has 136 valence electrons. The maximum Gasteiger partial charge on any atom is 0.243 e. The van der Waals surface area contributed by atoms with E-state index in [0.717, 1.165) is 23.1 Å². The molecular formula is C19H22N4O3. The van der Waals surface area contributed by atoms with Crippen LogP contribution in [0.3, 0.4) is 0 Å². The van der Waals surface area contributed by atoms with Gasteiger partial charge >= 0.3 is 0 Å². The van der Waals surface area contributed by atoms with E-state index in [2.05, 4.69) is 15.5 Å². The Balaban J connectivity index is 1.69. The van der Waals surface area contributed by atoms with E-state index in [1.807, 2.05) is 36.4 Å². The maximum absolute atomic E-state index is 11.7. The highest BCUT2D eigenvalue weighted by atomic mass is 16.5. The Hall–Kier alpha value is -3.06. The summed E-state index contributed by atoms with van der Waals surface area (Å²) in [6, 6.07) is 11.7. The first kappa shape index (κ1) is 19.3. The second kappa shape index (κ2) is 10.7. The monoisotopic (exact) mass is 354 g/mol. The lowest BCUT2D eigenvalue weighted by Crippen LogP contribution is -2.18. The number of hydrogen-bond acceptors (Lipinski definition) is 5. The van der Waals surface area contributed by atoms with Crippen molar-refractivity contribution in [1.82, 2.24) is 15.9 Å². The zero-order chi connectivity index (χ0) is 18.6. The van der Waals surface area contributed by atoms with Crippen LogP contribution in [0.4, 0.5) is 0 Å². The van der Waals surface area contributed by atoms with Gasteiger partial charge in [0.25, 0.3) is 0 Å². The molecule has 0 bridgehead atoms. The van der Waals surface area contributed by atoms with Crippen LogP contribution < -0.4 is 10.9 Å². The lowest BCUT2D eigenvalue weighted by atomic mass is 10.1. The molecule has 0 saturated carbocycles.